The Balaban J connectivity index is 1.38. The number of nitrogens with one attached hydrogen (secondary N) is 1. The van der Waals surface area contributed by atoms with Gasteiger partial charge in [-0.1, -0.05) is 42.5 Å². The molecule has 6 nitrogen and oxygen atoms in total. The molecule has 4 rings (SSSR count). The Morgan fingerprint density at radius 3 is 2.62 bits per heavy atom. The summed E-state index contributed by atoms with van der Waals surface area (Å²) in [4.78, 5) is 4.60. The Kier molecular flexibility index (Phi) is 6.99. The second-order valence-corrected chi connectivity index (χ2v) is 7.68. The summed E-state index contributed by atoms with van der Waals surface area (Å²) in [5, 5.41) is 6.96. The van der Waals surface area contributed by atoms with Gasteiger partial charge in [-0.05, 0) is 35.4 Å². The van der Waals surface area contributed by atoms with Gasteiger partial charge in [0.15, 0.2) is 0 Å². The minimum Gasteiger partial charge on any atom is -0.497 e. The quantitative estimate of drug-likeness (QED) is 0.258. The van der Waals surface area contributed by atoms with E-state index < -0.39 is 0 Å². The molecule has 32 heavy (non-hydrogen) atoms. The molecular formula is C25H23N3O3S. The molecule has 7 heteroatoms. The highest BCUT2D eigenvalue weighted by atomic mass is 32.1. The SMILES string of the molecule is COc1ccc(-c2csc(N/N=C\c3cccc(OCc4ccccc4)c3)n2)c(OC)c1. The van der Waals surface area contributed by atoms with Crippen LogP contribution in [0.2, 0.25) is 0 Å². The highest BCUT2D eigenvalue weighted by molar-refractivity contribution is 7.14. The van der Waals surface area contributed by atoms with Gasteiger partial charge in [0, 0.05) is 17.0 Å². The maximum absolute atomic E-state index is 5.87. The number of ether oxygens (including phenoxy) is 3. The molecule has 0 radical (unpaired) electrons. The van der Waals surface area contributed by atoms with Crippen molar-refractivity contribution >= 4 is 22.7 Å². The van der Waals surface area contributed by atoms with E-state index in [1.165, 1.54) is 11.3 Å². The average molecular weight is 446 g/mol. The van der Waals surface area contributed by atoms with E-state index in [1.54, 1.807) is 20.4 Å². The van der Waals surface area contributed by atoms with Gasteiger partial charge in [0.1, 0.15) is 23.9 Å². The van der Waals surface area contributed by atoms with Crippen molar-refractivity contribution in [3.05, 3.63) is 89.3 Å². The monoisotopic (exact) mass is 445 g/mol. The molecule has 1 heterocycles. The number of thiazole rings is 1. The van der Waals surface area contributed by atoms with Crippen LogP contribution in [0.4, 0.5) is 5.13 Å². The van der Waals surface area contributed by atoms with Gasteiger partial charge in [0.25, 0.3) is 0 Å². The summed E-state index contributed by atoms with van der Waals surface area (Å²) in [6, 6.07) is 23.5. The Morgan fingerprint density at radius 1 is 0.938 bits per heavy atom. The number of hydrogen-bond acceptors (Lipinski definition) is 7. The number of hydrogen-bond donors (Lipinski definition) is 1. The molecule has 0 saturated heterocycles. The molecule has 162 valence electrons. The van der Waals surface area contributed by atoms with Crippen molar-refractivity contribution in [1.82, 2.24) is 4.98 Å². The van der Waals surface area contributed by atoms with Gasteiger partial charge in [-0.2, -0.15) is 5.10 Å². The predicted molar refractivity (Wildman–Crippen MR) is 129 cm³/mol. The fourth-order valence-electron chi connectivity index (χ4n) is 3.05. The molecule has 1 N–H and O–H groups in total. The Morgan fingerprint density at radius 2 is 1.81 bits per heavy atom. The van der Waals surface area contributed by atoms with E-state index in [0.717, 1.165) is 33.9 Å². The van der Waals surface area contributed by atoms with Gasteiger partial charge in [-0.25, -0.2) is 4.98 Å². The number of hydrazone groups is 1. The lowest BCUT2D eigenvalue weighted by atomic mass is 10.1. The molecule has 0 amide bonds. The van der Waals surface area contributed by atoms with E-state index in [1.807, 2.05) is 78.2 Å². The minimum absolute atomic E-state index is 0.524. The lowest BCUT2D eigenvalue weighted by Gasteiger charge is -2.08. The maximum Gasteiger partial charge on any atom is 0.203 e. The third-order valence-electron chi connectivity index (χ3n) is 4.67. The first-order valence-electron chi connectivity index (χ1n) is 9.99. The molecule has 0 bridgehead atoms. The third-order valence-corrected chi connectivity index (χ3v) is 5.42. The molecule has 0 unspecified atom stereocenters. The van der Waals surface area contributed by atoms with Gasteiger partial charge in [0.2, 0.25) is 5.13 Å². The maximum atomic E-state index is 5.87. The van der Waals surface area contributed by atoms with E-state index in [4.69, 9.17) is 14.2 Å². The smallest absolute Gasteiger partial charge is 0.203 e. The Hall–Kier alpha value is -3.84. The first-order chi connectivity index (χ1) is 15.7. The summed E-state index contributed by atoms with van der Waals surface area (Å²) < 4.78 is 16.6. The number of methoxy groups -OCH3 is 2. The van der Waals surface area contributed by atoms with Crippen molar-refractivity contribution < 1.29 is 14.2 Å². The molecular weight excluding hydrogens is 422 g/mol. The van der Waals surface area contributed by atoms with Crippen LogP contribution in [0.5, 0.6) is 17.2 Å². The van der Waals surface area contributed by atoms with Crippen LogP contribution < -0.4 is 19.6 Å². The zero-order chi connectivity index (χ0) is 22.2. The number of benzene rings is 3. The van der Waals surface area contributed by atoms with Crippen LogP contribution in [0.1, 0.15) is 11.1 Å². The molecule has 3 aromatic carbocycles. The molecule has 1 aromatic heterocycles. The largest absolute Gasteiger partial charge is 0.497 e. The van der Waals surface area contributed by atoms with Crippen LogP contribution in [0, 0.1) is 0 Å². The predicted octanol–water partition coefficient (Wildman–Crippen LogP) is 5.85. The average Bonchev–Trinajstić information content (AvgIpc) is 3.32. The number of aromatic nitrogens is 1. The van der Waals surface area contributed by atoms with Crippen LogP contribution in [0.25, 0.3) is 11.3 Å². The fraction of sp³-hybridized carbons (Fsp3) is 0.120. The zero-order valence-electron chi connectivity index (χ0n) is 17.8. The van der Waals surface area contributed by atoms with Crippen LogP contribution in [0.15, 0.2) is 83.3 Å². The van der Waals surface area contributed by atoms with Crippen LogP contribution >= 0.6 is 11.3 Å². The van der Waals surface area contributed by atoms with Crippen molar-refractivity contribution in [2.45, 2.75) is 6.61 Å². The standard InChI is InChI=1S/C25H23N3O3S/c1-29-20-11-12-22(24(14-20)30-2)23-17-32-25(27-23)28-26-15-19-9-6-10-21(13-19)31-16-18-7-4-3-5-8-18/h3-15,17H,16H2,1-2H3,(H,27,28)/b26-15-. The number of nitrogens with zero attached hydrogens (tertiary/aromatic N) is 2. The summed E-state index contributed by atoms with van der Waals surface area (Å²) in [6.07, 6.45) is 1.74. The minimum atomic E-state index is 0.524. The van der Waals surface area contributed by atoms with E-state index in [2.05, 4.69) is 15.5 Å². The second-order valence-electron chi connectivity index (χ2n) is 6.82. The lowest BCUT2D eigenvalue weighted by Crippen LogP contribution is -1.96. The first-order valence-corrected chi connectivity index (χ1v) is 10.9. The molecule has 0 aliphatic carbocycles. The molecule has 0 aliphatic heterocycles. The highest BCUT2D eigenvalue weighted by Crippen LogP contribution is 2.34. The Bertz CT molecular complexity index is 1190. The number of anilines is 1. The Labute approximate surface area is 191 Å². The van der Waals surface area contributed by atoms with E-state index in [-0.39, 0.29) is 0 Å². The lowest BCUT2D eigenvalue weighted by molar-refractivity contribution is 0.306. The van der Waals surface area contributed by atoms with Crippen molar-refractivity contribution in [3.8, 4) is 28.5 Å². The van der Waals surface area contributed by atoms with Gasteiger partial charge in [-0.3, -0.25) is 5.43 Å². The van der Waals surface area contributed by atoms with Crippen molar-refractivity contribution in [2.75, 3.05) is 19.6 Å². The van der Waals surface area contributed by atoms with Crippen molar-refractivity contribution in [3.63, 3.8) is 0 Å². The van der Waals surface area contributed by atoms with Gasteiger partial charge < -0.3 is 14.2 Å². The summed E-state index contributed by atoms with van der Waals surface area (Å²) in [5.41, 5.74) is 6.75. The van der Waals surface area contributed by atoms with Crippen LogP contribution in [0.3, 0.4) is 0 Å². The molecule has 0 spiro atoms. The highest BCUT2D eigenvalue weighted by Gasteiger charge is 2.11. The van der Waals surface area contributed by atoms with Gasteiger partial charge >= 0.3 is 0 Å². The summed E-state index contributed by atoms with van der Waals surface area (Å²) in [7, 11) is 3.26. The van der Waals surface area contributed by atoms with E-state index in [9.17, 15) is 0 Å². The van der Waals surface area contributed by atoms with Crippen molar-refractivity contribution in [2.24, 2.45) is 5.10 Å². The molecule has 0 aliphatic rings. The van der Waals surface area contributed by atoms with Crippen LogP contribution in [-0.2, 0) is 6.61 Å². The summed E-state index contributed by atoms with van der Waals surface area (Å²) >= 11 is 1.47. The summed E-state index contributed by atoms with van der Waals surface area (Å²) in [5.74, 6) is 2.23. The molecule has 0 fully saturated rings. The van der Waals surface area contributed by atoms with Crippen LogP contribution in [-0.4, -0.2) is 25.4 Å². The molecule has 4 aromatic rings. The molecule has 0 atom stereocenters. The van der Waals surface area contributed by atoms with Gasteiger partial charge in [-0.15, -0.1) is 11.3 Å². The second kappa shape index (κ2) is 10.5. The molecule has 0 saturated carbocycles. The fourth-order valence-corrected chi connectivity index (χ4v) is 3.71. The summed E-state index contributed by atoms with van der Waals surface area (Å²) in [6.45, 7) is 0.524. The topological polar surface area (TPSA) is 65.0 Å². The zero-order valence-corrected chi connectivity index (χ0v) is 18.6. The number of rotatable bonds is 9. The van der Waals surface area contributed by atoms with E-state index in [0.29, 0.717) is 17.5 Å². The first kappa shape index (κ1) is 21.4. The van der Waals surface area contributed by atoms with Crippen molar-refractivity contribution in [1.29, 1.82) is 0 Å². The normalized spacial score (nSPS) is 10.8. The third kappa shape index (κ3) is 5.44. The van der Waals surface area contributed by atoms with Gasteiger partial charge in [0.05, 0.1) is 26.1 Å². The van der Waals surface area contributed by atoms with E-state index >= 15 is 0 Å².